The van der Waals surface area contributed by atoms with E-state index in [2.05, 4.69) is 0 Å². The highest BCUT2D eigenvalue weighted by atomic mass is 16.4. The second kappa shape index (κ2) is 3.76. The molecule has 1 fully saturated rings. The van der Waals surface area contributed by atoms with Gasteiger partial charge in [0, 0.05) is 12.6 Å². The molecule has 0 aromatic carbocycles. The molecule has 2 heterocycles. The molecule has 0 spiro atoms. The van der Waals surface area contributed by atoms with Gasteiger partial charge in [-0.3, -0.25) is 9.59 Å². The fraction of sp³-hybridized carbons (Fsp3) is 0.400. The van der Waals surface area contributed by atoms with Crippen LogP contribution in [0.2, 0.25) is 0 Å². The van der Waals surface area contributed by atoms with Gasteiger partial charge in [-0.05, 0) is 18.9 Å². The molecule has 0 radical (unpaired) electrons. The minimum atomic E-state index is -0.350. The predicted molar refractivity (Wildman–Crippen MR) is 53.7 cm³/mol. The highest BCUT2D eigenvalue weighted by Crippen LogP contribution is 2.26. The second-order valence-electron chi connectivity index (χ2n) is 3.55. The van der Waals surface area contributed by atoms with Gasteiger partial charge in [-0.15, -0.1) is 0 Å². The van der Waals surface area contributed by atoms with E-state index in [0.717, 1.165) is 19.4 Å². The number of carbonyl (C=O) groups is 2. The SMILES string of the molecule is NC(=O)C1CCCN1c1ccc(C=O)o1. The van der Waals surface area contributed by atoms with Crippen molar-refractivity contribution in [1.29, 1.82) is 0 Å². The monoisotopic (exact) mass is 208 g/mol. The first-order chi connectivity index (χ1) is 7.22. The standard InChI is InChI=1S/C10H12N2O3/c11-10(14)8-2-1-5-12(8)9-4-3-7(6-13)15-9/h3-4,6,8H,1-2,5H2,(H2,11,14). The molecule has 2 N–H and O–H groups in total. The number of carbonyl (C=O) groups excluding carboxylic acids is 2. The summed E-state index contributed by atoms with van der Waals surface area (Å²) in [6, 6.07) is 2.96. The molecule has 5 nitrogen and oxygen atoms in total. The third-order valence-corrected chi connectivity index (χ3v) is 2.59. The van der Waals surface area contributed by atoms with Gasteiger partial charge >= 0.3 is 0 Å². The minimum Gasteiger partial charge on any atom is -0.438 e. The summed E-state index contributed by atoms with van der Waals surface area (Å²) < 4.78 is 5.25. The number of hydrogen-bond donors (Lipinski definition) is 1. The molecule has 1 saturated heterocycles. The van der Waals surface area contributed by atoms with E-state index < -0.39 is 0 Å². The minimum absolute atomic E-state index is 0.264. The van der Waals surface area contributed by atoms with E-state index in [-0.39, 0.29) is 17.7 Å². The van der Waals surface area contributed by atoms with Crippen LogP contribution in [0.3, 0.4) is 0 Å². The van der Waals surface area contributed by atoms with Crippen LogP contribution >= 0.6 is 0 Å². The third-order valence-electron chi connectivity index (χ3n) is 2.59. The molecule has 2 rings (SSSR count). The summed E-state index contributed by atoms with van der Waals surface area (Å²) in [4.78, 5) is 23.4. The Morgan fingerprint density at radius 2 is 2.40 bits per heavy atom. The smallest absolute Gasteiger partial charge is 0.240 e. The van der Waals surface area contributed by atoms with Crippen molar-refractivity contribution in [2.24, 2.45) is 5.73 Å². The Kier molecular flexibility index (Phi) is 2.45. The zero-order valence-electron chi connectivity index (χ0n) is 8.18. The molecule has 1 atom stereocenters. The molecular weight excluding hydrogens is 196 g/mol. The first-order valence-corrected chi connectivity index (χ1v) is 4.83. The first kappa shape index (κ1) is 9.76. The number of amides is 1. The van der Waals surface area contributed by atoms with Gasteiger partial charge < -0.3 is 15.1 Å². The molecule has 15 heavy (non-hydrogen) atoms. The number of aldehydes is 1. The summed E-state index contributed by atoms with van der Waals surface area (Å²) in [5, 5.41) is 0. The van der Waals surface area contributed by atoms with Crippen molar-refractivity contribution in [2.75, 3.05) is 11.4 Å². The number of nitrogens with zero attached hydrogens (tertiary/aromatic N) is 1. The van der Waals surface area contributed by atoms with Gasteiger partial charge in [0.05, 0.1) is 0 Å². The molecule has 0 bridgehead atoms. The predicted octanol–water partition coefficient (Wildman–Crippen LogP) is 0.546. The van der Waals surface area contributed by atoms with Crippen LogP contribution in [-0.4, -0.2) is 24.8 Å². The highest BCUT2D eigenvalue weighted by Gasteiger charge is 2.30. The lowest BCUT2D eigenvalue weighted by Gasteiger charge is -2.20. The van der Waals surface area contributed by atoms with E-state index >= 15 is 0 Å². The lowest BCUT2D eigenvalue weighted by molar-refractivity contribution is -0.119. The van der Waals surface area contributed by atoms with Crippen LogP contribution in [0, 0.1) is 0 Å². The first-order valence-electron chi connectivity index (χ1n) is 4.83. The van der Waals surface area contributed by atoms with Crippen molar-refractivity contribution in [2.45, 2.75) is 18.9 Å². The van der Waals surface area contributed by atoms with E-state index in [1.807, 2.05) is 0 Å². The van der Waals surface area contributed by atoms with Crippen LogP contribution < -0.4 is 10.6 Å². The number of anilines is 1. The molecule has 1 unspecified atom stereocenters. The molecule has 1 amide bonds. The maximum absolute atomic E-state index is 11.1. The fourth-order valence-corrected chi connectivity index (χ4v) is 1.89. The Hall–Kier alpha value is -1.78. The molecule has 80 valence electrons. The summed E-state index contributed by atoms with van der Waals surface area (Å²) in [6.07, 6.45) is 2.29. The topological polar surface area (TPSA) is 76.5 Å². The van der Waals surface area contributed by atoms with Crippen molar-refractivity contribution < 1.29 is 14.0 Å². The van der Waals surface area contributed by atoms with E-state index in [9.17, 15) is 9.59 Å². The molecule has 5 heteroatoms. The van der Waals surface area contributed by atoms with E-state index in [0.29, 0.717) is 12.2 Å². The Morgan fingerprint density at radius 3 is 3.00 bits per heavy atom. The van der Waals surface area contributed by atoms with Gasteiger partial charge in [-0.2, -0.15) is 0 Å². The summed E-state index contributed by atoms with van der Waals surface area (Å²) in [7, 11) is 0. The second-order valence-corrected chi connectivity index (χ2v) is 3.55. The Balaban J connectivity index is 2.22. The zero-order valence-corrected chi connectivity index (χ0v) is 8.18. The van der Waals surface area contributed by atoms with Crippen molar-refractivity contribution >= 4 is 18.1 Å². The quantitative estimate of drug-likeness (QED) is 0.736. The van der Waals surface area contributed by atoms with Gasteiger partial charge in [0.2, 0.25) is 5.91 Å². The largest absolute Gasteiger partial charge is 0.438 e. The molecule has 0 saturated carbocycles. The van der Waals surface area contributed by atoms with Crippen molar-refractivity contribution in [3.8, 4) is 0 Å². The maximum atomic E-state index is 11.1. The van der Waals surface area contributed by atoms with Crippen molar-refractivity contribution in [3.63, 3.8) is 0 Å². The number of hydrogen-bond acceptors (Lipinski definition) is 4. The summed E-state index contributed by atoms with van der Waals surface area (Å²) in [6.45, 7) is 0.736. The Morgan fingerprint density at radius 1 is 1.60 bits per heavy atom. The number of rotatable bonds is 3. The molecule has 1 aliphatic rings. The van der Waals surface area contributed by atoms with Gasteiger partial charge in [0.25, 0.3) is 0 Å². The van der Waals surface area contributed by atoms with Crippen molar-refractivity contribution in [1.82, 2.24) is 0 Å². The molecule has 0 aliphatic carbocycles. The third kappa shape index (κ3) is 1.72. The Labute approximate surface area is 86.8 Å². The normalized spacial score (nSPS) is 20.5. The summed E-state index contributed by atoms with van der Waals surface area (Å²) in [5.41, 5.74) is 5.27. The fourth-order valence-electron chi connectivity index (χ4n) is 1.89. The molecular formula is C10H12N2O3. The van der Waals surface area contributed by atoms with Crippen LogP contribution in [0.5, 0.6) is 0 Å². The average Bonchev–Trinajstić information content (AvgIpc) is 2.85. The van der Waals surface area contributed by atoms with Crippen molar-refractivity contribution in [3.05, 3.63) is 17.9 Å². The van der Waals surface area contributed by atoms with Crippen LogP contribution in [0.25, 0.3) is 0 Å². The van der Waals surface area contributed by atoms with Crippen LogP contribution in [-0.2, 0) is 4.79 Å². The number of primary amides is 1. The lowest BCUT2D eigenvalue weighted by Crippen LogP contribution is -2.40. The summed E-state index contributed by atoms with van der Waals surface area (Å²) >= 11 is 0. The maximum Gasteiger partial charge on any atom is 0.240 e. The molecule has 1 aromatic heterocycles. The molecule has 1 aliphatic heterocycles. The average molecular weight is 208 g/mol. The number of nitrogens with two attached hydrogens (primary N) is 1. The van der Waals surface area contributed by atoms with Crippen LogP contribution in [0.15, 0.2) is 16.5 Å². The summed E-state index contributed by atoms with van der Waals surface area (Å²) in [5.74, 6) is 0.454. The van der Waals surface area contributed by atoms with Gasteiger partial charge in [0.1, 0.15) is 6.04 Å². The highest BCUT2D eigenvalue weighted by molar-refractivity contribution is 5.84. The van der Waals surface area contributed by atoms with Gasteiger partial charge in [0.15, 0.2) is 17.9 Å². The van der Waals surface area contributed by atoms with E-state index in [1.165, 1.54) is 0 Å². The lowest BCUT2D eigenvalue weighted by atomic mass is 10.2. The number of furan rings is 1. The van der Waals surface area contributed by atoms with Crippen LogP contribution in [0.4, 0.5) is 5.88 Å². The zero-order chi connectivity index (χ0) is 10.8. The van der Waals surface area contributed by atoms with E-state index in [1.54, 1.807) is 17.0 Å². The van der Waals surface area contributed by atoms with E-state index in [4.69, 9.17) is 10.2 Å². The van der Waals surface area contributed by atoms with Crippen LogP contribution in [0.1, 0.15) is 23.4 Å². The molecule has 1 aromatic rings. The Bertz CT molecular complexity index is 386. The van der Waals surface area contributed by atoms with Gasteiger partial charge in [-0.1, -0.05) is 0 Å². The van der Waals surface area contributed by atoms with Gasteiger partial charge in [-0.25, -0.2) is 0 Å².